The molecule has 0 aliphatic heterocycles. The highest BCUT2D eigenvalue weighted by atomic mass is 16.5. The van der Waals surface area contributed by atoms with Crippen LogP contribution in [0.5, 0.6) is 5.75 Å². The second-order valence-corrected chi connectivity index (χ2v) is 6.22. The van der Waals surface area contributed by atoms with E-state index in [4.69, 9.17) is 4.74 Å². The number of hydrogen-bond acceptors (Lipinski definition) is 4. The monoisotopic (exact) mass is 367 g/mol. The lowest BCUT2D eigenvalue weighted by molar-refractivity contribution is -0.119. The zero-order chi connectivity index (χ0) is 19.6. The molecule has 0 unspecified atom stereocenters. The molecule has 0 heterocycles. The summed E-state index contributed by atoms with van der Waals surface area (Å²) >= 11 is 0. The molecular formula is C21H25N3O3. The highest BCUT2D eigenvalue weighted by Gasteiger charge is 2.08. The number of benzene rings is 2. The van der Waals surface area contributed by atoms with Crippen LogP contribution in [0.3, 0.4) is 0 Å². The van der Waals surface area contributed by atoms with E-state index in [0.717, 1.165) is 11.4 Å². The van der Waals surface area contributed by atoms with Gasteiger partial charge in [0.15, 0.2) is 0 Å². The van der Waals surface area contributed by atoms with Crippen molar-refractivity contribution in [3.63, 3.8) is 0 Å². The van der Waals surface area contributed by atoms with E-state index in [0.29, 0.717) is 18.0 Å². The summed E-state index contributed by atoms with van der Waals surface area (Å²) < 4.78 is 5.52. The summed E-state index contributed by atoms with van der Waals surface area (Å²) in [6, 6.07) is 14.4. The Morgan fingerprint density at radius 1 is 1.04 bits per heavy atom. The lowest BCUT2D eigenvalue weighted by Gasteiger charge is -2.12. The molecule has 2 aromatic carbocycles. The van der Waals surface area contributed by atoms with Crippen molar-refractivity contribution in [1.82, 2.24) is 0 Å². The predicted octanol–water partition coefficient (Wildman–Crippen LogP) is 3.90. The first-order valence-corrected chi connectivity index (χ1v) is 8.77. The van der Waals surface area contributed by atoms with Crippen molar-refractivity contribution >= 4 is 28.9 Å². The summed E-state index contributed by atoms with van der Waals surface area (Å²) in [5.41, 5.74) is 2.11. The standard InChI is InChI=1S/C21H25N3O3/c1-4-13-27-19-8-6-5-7-18(19)24-20(25)14-22-16-9-11-17(12-10-16)23-21(26)15(2)3/h4-12,15,22H,1,13-14H2,2-3H3,(H,23,26)(H,24,25). The number of hydrogen-bond donors (Lipinski definition) is 3. The molecule has 0 bridgehead atoms. The van der Waals surface area contributed by atoms with Gasteiger partial charge in [0.1, 0.15) is 12.4 Å². The van der Waals surface area contributed by atoms with Crippen LogP contribution in [0.4, 0.5) is 17.1 Å². The molecule has 2 aromatic rings. The molecule has 0 spiro atoms. The minimum Gasteiger partial charge on any atom is -0.487 e. The fourth-order valence-corrected chi connectivity index (χ4v) is 2.18. The van der Waals surface area contributed by atoms with Crippen LogP contribution in [0.2, 0.25) is 0 Å². The van der Waals surface area contributed by atoms with Gasteiger partial charge in [-0.05, 0) is 36.4 Å². The Morgan fingerprint density at radius 3 is 2.37 bits per heavy atom. The number of amides is 2. The summed E-state index contributed by atoms with van der Waals surface area (Å²) in [4.78, 5) is 23.9. The largest absolute Gasteiger partial charge is 0.487 e. The molecule has 6 heteroatoms. The third kappa shape index (κ3) is 6.51. The Bertz CT molecular complexity index is 786. The fourth-order valence-electron chi connectivity index (χ4n) is 2.18. The number of para-hydroxylation sites is 2. The Balaban J connectivity index is 1.87. The summed E-state index contributed by atoms with van der Waals surface area (Å²) in [5, 5.41) is 8.69. The van der Waals surface area contributed by atoms with Gasteiger partial charge in [0.05, 0.1) is 12.2 Å². The highest BCUT2D eigenvalue weighted by Crippen LogP contribution is 2.23. The van der Waals surface area contributed by atoms with E-state index in [9.17, 15) is 9.59 Å². The van der Waals surface area contributed by atoms with Gasteiger partial charge in [-0.1, -0.05) is 38.6 Å². The van der Waals surface area contributed by atoms with E-state index in [2.05, 4.69) is 22.5 Å². The summed E-state index contributed by atoms with van der Waals surface area (Å²) in [6.07, 6.45) is 1.65. The lowest BCUT2D eigenvalue weighted by atomic mass is 10.2. The predicted molar refractivity (Wildman–Crippen MR) is 109 cm³/mol. The van der Waals surface area contributed by atoms with Crippen molar-refractivity contribution in [1.29, 1.82) is 0 Å². The smallest absolute Gasteiger partial charge is 0.243 e. The van der Waals surface area contributed by atoms with Crippen molar-refractivity contribution in [2.75, 3.05) is 29.1 Å². The molecule has 3 N–H and O–H groups in total. The van der Waals surface area contributed by atoms with Crippen molar-refractivity contribution in [3.8, 4) is 5.75 Å². The second kappa shape index (κ2) is 10.0. The molecular weight excluding hydrogens is 342 g/mol. The fraction of sp³-hybridized carbons (Fsp3) is 0.238. The topological polar surface area (TPSA) is 79.5 Å². The van der Waals surface area contributed by atoms with Gasteiger partial charge in [-0.3, -0.25) is 9.59 Å². The molecule has 0 aliphatic rings. The molecule has 6 nitrogen and oxygen atoms in total. The van der Waals surface area contributed by atoms with Gasteiger partial charge in [-0.15, -0.1) is 0 Å². The van der Waals surface area contributed by atoms with Crippen molar-refractivity contribution < 1.29 is 14.3 Å². The molecule has 0 saturated heterocycles. The molecule has 27 heavy (non-hydrogen) atoms. The van der Waals surface area contributed by atoms with E-state index < -0.39 is 0 Å². The maximum absolute atomic E-state index is 12.2. The second-order valence-electron chi connectivity index (χ2n) is 6.22. The summed E-state index contributed by atoms with van der Waals surface area (Å²) in [5.74, 6) is 0.287. The van der Waals surface area contributed by atoms with Crippen LogP contribution in [0.15, 0.2) is 61.2 Å². The van der Waals surface area contributed by atoms with Gasteiger partial charge >= 0.3 is 0 Å². The van der Waals surface area contributed by atoms with E-state index in [-0.39, 0.29) is 24.3 Å². The number of anilines is 3. The quantitative estimate of drug-likeness (QED) is 0.587. The molecule has 0 aliphatic carbocycles. The first-order valence-electron chi connectivity index (χ1n) is 8.77. The zero-order valence-corrected chi connectivity index (χ0v) is 15.6. The number of nitrogens with one attached hydrogen (secondary N) is 3. The minimum atomic E-state index is -0.193. The molecule has 2 rings (SSSR count). The Hall–Kier alpha value is -3.28. The van der Waals surface area contributed by atoms with Crippen molar-refractivity contribution in [2.45, 2.75) is 13.8 Å². The van der Waals surface area contributed by atoms with Crippen LogP contribution < -0.4 is 20.7 Å². The molecule has 2 amide bonds. The maximum Gasteiger partial charge on any atom is 0.243 e. The molecule has 142 valence electrons. The molecule has 0 radical (unpaired) electrons. The van der Waals surface area contributed by atoms with E-state index in [1.165, 1.54) is 0 Å². The van der Waals surface area contributed by atoms with Crippen LogP contribution in [0.25, 0.3) is 0 Å². The molecule has 0 saturated carbocycles. The Kier molecular flexibility index (Phi) is 7.43. The van der Waals surface area contributed by atoms with Crippen LogP contribution in [0.1, 0.15) is 13.8 Å². The van der Waals surface area contributed by atoms with Gasteiger partial charge in [0, 0.05) is 17.3 Å². The number of carbonyl (C=O) groups is 2. The SMILES string of the molecule is C=CCOc1ccccc1NC(=O)CNc1ccc(NC(=O)C(C)C)cc1. The number of rotatable bonds is 9. The average molecular weight is 367 g/mol. The van der Waals surface area contributed by atoms with Gasteiger partial charge in [-0.25, -0.2) is 0 Å². The average Bonchev–Trinajstić information content (AvgIpc) is 2.66. The van der Waals surface area contributed by atoms with Crippen LogP contribution in [0, 0.1) is 5.92 Å². The van der Waals surface area contributed by atoms with Crippen LogP contribution in [-0.4, -0.2) is 25.0 Å². The van der Waals surface area contributed by atoms with Gasteiger partial charge in [0.25, 0.3) is 0 Å². The van der Waals surface area contributed by atoms with Gasteiger partial charge < -0.3 is 20.7 Å². The Morgan fingerprint density at radius 2 is 1.70 bits per heavy atom. The van der Waals surface area contributed by atoms with E-state index in [1.54, 1.807) is 30.3 Å². The molecule has 0 aromatic heterocycles. The van der Waals surface area contributed by atoms with Crippen LogP contribution >= 0.6 is 0 Å². The van der Waals surface area contributed by atoms with E-state index >= 15 is 0 Å². The number of ether oxygens (including phenoxy) is 1. The van der Waals surface area contributed by atoms with Crippen molar-refractivity contribution in [2.24, 2.45) is 5.92 Å². The molecule has 0 fully saturated rings. The number of carbonyl (C=O) groups excluding carboxylic acids is 2. The van der Waals surface area contributed by atoms with Gasteiger partial charge in [-0.2, -0.15) is 0 Å². The first kappa shape index (κ1) is 20.0. The summed E-state index contributed by atoms with van der Waals surface area (Å²) in [6.45, 7) is 7.76. The van der Waals surface area contributed by atoms with Crippen molar-refractivity contribution in [3.05, 3.63) is 61.2 Å². The van der Waals surface area contributed by atoms with E-state index in [1.807, 2.05) is 38.1 Å². The third-order valence-corrected chi connectivity index (χ3v) is 3.65. The minimum absolute atomic E-state index is 0.0348. The van der Waals surface area contributed by atoms with Crippen LogP contribution in [-0.2, 0) is 9.59 Å². The first-order chi connectivity index (χ1) is 13.0. The normalized spacial score (nSPS) is 10.2. The third-order valence-electron chi connectivity index (χ3n) is 3.65. The molecule has 0 atom stereocenters. The highest BCUT2D eigenvalue weighted by molar-refractivity contribution is 5.95. The Labute approximate surface area is 159 Å². The zero-order valence-electron chi connectivity index (χ0n) is 15.6. The lowest BCUT2D eigenvalue weighted by Crippen LogP contribution is -2.22. The maximum atomic E-state index is 12.2. The van der Waals surface area contributed by atoms with Gasteiger partial charge in [0.2, 0.25) is 11.8 Å². The summed E-state index contributed by atoms with van der Waals surface area (Å²) in [7, 11) is 0.